The molecule has 146 valence electrons. The molecule has 3 rings (SSSR count). The molecule has 0 atom stereocenters. The molecule has 6 nitrogen and oxygen atoms in total. The molecule has 0 unspecified atom stereocenters. The predicted octanol–water partition coefficient (Wildman–Crippen LogP) is 4.24. The number of ether oxygens (including phenoxy) is 2. The average molecular weight is 371 g/mol. The summed E-state index contributed by atoms with van der Waals surface area (Å²) in [4.78, 5) is 12.5. The SMILES string of the molecule is CC(C)(C)c1cc(NC(=O)CCc2ccc3c(c2)OCO3)n(C(C)(C)C)n1. The van der Waals surface area contributed by atoms with Crippen molar-refractivity contribution in [2.24, 2.45) is 0 Å². The first-order valence-electron chi connectivity index (χ1n) is 9.33. The standard InChI is InChI=1S/C21H29N3O3/c1-20(2,3)17-12-18(24(23-17)21(4,5)6)22-19(25)10-8-14-7-9-15-16(11-14)27-13-26-15/h7,9,11-12H,8,10,13H2,1-6H3,(H,22,25). The summed E-state index contributed by atoms with van der Waals surface area (Å²) in [6.45, 7) is 12.8. The van der Waals surface area contributed by atoms with Gasteiger partial charge in [0.25, 0.3) is 0 Å². The van der Waals surface area contributed by atoms with E-state index >= 15 is 0 Å². The second-order valence-corrected chi connectivity index (χ2v) is 8.98. The summed E-state index contributed by atoms with van der Waals surface area (Å²) in [6.07, 6.45) is 1.03. The van der Waals surface area contributed by atoms with Gasteiger partial charge in [0.15, 0.2) is 11.5 Å². The lowest BCUT2D eigenvalue weighted by Crippen LogP contribution is -2.27. The first-order chi connectivity index (χ1) is 12.5. The molecule has 2 aromatic rings. The number of hydrogen-bond acceptors (Lipinski definition) is 4. The van der Waals surface area contributed by atoms with Gasteiger partial charge in [-0.15, -0.1) is 0 Å². The van der Waals surface area contributed by atoms with Gasteiger partial charge in [-0.2, -0.15) is 5.10 Å². The quantitative estimate of drug-likeness (QED) is 0.873. The lowest BCUT2D eigenvalue weighted by molar-refractivity contribution is -0.116. The Morgan fingerprint density at radius 2 is 1.81 bits per heavy atom. The van der Waals surface area contributed by atoms with Crippen LogP contribution in [0, 0.1) is 0 Å². The van der Waals surface area contributed by atoms with Gasteiger partial charge in [-0.3, -0.25) is 4.79 Å². The fourth-order valence-electron chi connectivity index (χ4n) is 2.91. The van der Waals surface area contributed by atoms with Crippen molar-refractivity contribution < 1.29 is 14.3 Å². The second kappa shape index (κ2) is 6.91. The first-order valence-corrected chi connectivity index (χ1v) is 9.33. The van der Waals surface area contributed by atoms with Gasteiger partial charge in [-0.25, -0.2) is 4.68 Å². The molecule has 0 spiro atoms. The molecular formula is C21H29N3O3. The van der Waals surface area contributed by atoms with E-state index in [9.17, 15) is 4.79 Å². The number of rotatable bonds is 4. The Morgan fingerprint density at radius 3 is 2.48 bits per heavy atom. The van der Waals surface area contributed by atoms with Crippen molar-refractivity contribution in [3.05, 3.63) is 35.5 Å². The van der Waals surface area contributed by atoms with Crippen LogP contribution in [0.3, 0.4) is 0 Å². The van der Waals surface area contributed by atoms with E-state index in [2.05, 4.69) is 46.9 Å². The molecule has 0 saturated heterocycles. The number of carbonyl (C=O) groups is 1. The van der Waals surface area contributed by atoms with Crippen LogP contribution in [0.4, 0.5) is 5.82 Å². The Bertz CT molecular complexity index is 841. The smallest absolute Gasteiger partial charge is 0.231 e. The van der Waals surface area contributed by atoms with Gasteiger partial charge in [-0.1, -0.05) is 26.8 Å². The van der Waals surface area contributed by atoms with Crippen molar-refractivity contribution in [1.29, 1.82) is 0 Å². The number of hydrogen-bond donors (Lipinski definition) is 1. The summed E-state index contributed by atoms with van der Waals surface area (Å²) in [5.41, 5.74) is 1.71. The summed E-state index contributed by atoms with van der Waals surface area (Å²) >= 11 is 0. The molecule has 6 heteroatoms. The van der Waals surface area contributed by atoms with E-state index < -0.39 is 0 Å². The third-order valence-electron chi connectivity index (χ3n) is 4.46. The Labute approximate surface area is 160 Å². The summed E-state index contributed by atoms with van der Waals surface area (Å²) in [7, 11) is 0. The molecule has 0 bridgehead atoms. The maximum Gasteiger partial charge on any atom is 0.231 e. The van der Waals surface area contributed by atoms with E-state index in [1.165, 1.54) is 0 Å². The van der Waals surface area contributed by atoms with E-state index in [-0.39, 0.29) is 23.7 Å². The minimum absolute atomic E-state index is 0.0291. The Morgan fingerprint density at radius 1 is 1.11 bits per heavy atom. The van der Waals surface area contributed by atoms with E-state index in [1.807, 2.05) is 28.9 Å². The fraction of sp³-hybridized carbons (Fsp3) is 0.524. The summed E-state index contributed by atoms with van der Waals surface area (Å²) in [6, 6.07) is 7.77. The normalized spacial score (nSPS) is 13.7. The first kappa shape index (κ1) is 19.3. The second-order valence-electron chi connectivity index (χ2n) is 8.98. The van der Waals surface area contributed by atoms with Crippen LogP contribution in [0.2, 0.25) is 0 Å². The predicted molar refractivity (Wildman–Crippen MR) is 105 cm³/mol. The number of amides is 1. The molecule has 1 aliphatic rings. The third-order valence-corrected chi connectivity index (χ3v) is 4.46. The van der Waals surface area contributed by atoms with Crippen LogP contribution < -0.4 is 14.8 Å². The van der Waals surface area contributed by atoms with Gasteiger partial charge in [0.1, 0.15) is 5.82 Å². The number of nitrogens with one attached hydrogen (secondary N) is 1. The topological polar surface area (TPSA) is 65.4 Å². The molecular weight excluding hydrogens is 342 g/mol. The summed E-state index contributed by atoms with van der Waals surface area (Å²) in [5, 5.41) is 7.77. The van der Waals surface area contributed by atoms with Crippen molar-refractivity contribution in [2.45, 2.75) is 65.3 Å². The van der Waals surface area contributed by atoms with E-state index in [0.29, 0.717) is 12.8 Å². The minimum atomic E-state index is -0.219. The lowest BCUT2D eigenvalue weighted by Gasteiger charge is -2.23. The minimum Gasteiger partial charge on any atom is -0.454 e. The van der Waals surface area contributed by atoms with Gasteiger partial charge in [0.2, 0.25) is 12.7 Å². The fourth-order valence-corrected chi connectivity index (χ4v) is 2.91. The highest BCUT2D eigenvalue weighted by atomic mass is 16.7. The molecule has 1 amide bonds. The molecule has 0 radical (unpaired) electrons. The maximum atomic E-state index is 12.5. The Hall–Kier alpha value is -2.50. The zero-order chi connectivity index (χ0) is 19.8. The summed E-state index contributed by atoms with van der Waals surface area (Å²) < 4.78 is 12.6. The number of fused-ring (bicyclic) bond motifs is 1. The van der Waals surface area contributed by atoms with Crippen LogP contribution >= 0.6 is 0 Å². The van der Waals surface area contributed by atoms with E-state index in [0.717, 1.165) is 28.6 Å². The molecule has 0 fully saturated rings. The number of aryl methyl sites for hydroxylation is 1. The highest BCUT2D eigenvalue weighted by molar-refractivity contribution is 5.90. The van der Waals surface area contributed by atoms with Gasteiger partial charge in [0, 0.05) is 17.9 Å². The molecule has 27 heavy (non-hydrogen) atoms. The molecule has 0 aliphatic carbocycles. The van der Waals surface area contributed by atoms with Crippen LogP contribution in [-0.2, 0) is 22.2 Å². The van der Waals surface area contributed by atoms with Crippen LogP contribution in [0.5, 0.6) is 11.5 Å². The van der Waals surface area contributed by atoms with Gasteiger partial charge in [-0.05, 0) is 44.9 Å². The van der Waals surface area contributed by atoms with E-state index in [1.54, 1.807) is 0 Å². The Kier molecular flexibility index (Phi) is 4.93. The number of nitrogens with zero attached hydrogens (tertiary/aromatic N) is 2. The lowest BCUT2D eigenvalue weighted by atomic mass is 9.92. The monoisotopic (exact) mass is 371 g/mol. The molecule has 2 heterocycles. The van der Waals surface area contributed by atoms with Gasteiger partial charge < -0.3 is 14.8 Å². The van der Waals surface area contributed by atoms with Crippen molar-refractivity contribution in [2.75, 3.05) is 12.1 Å². The molecule has 1 aromatic heterocycles. The maximum absolute atomic E-state index is 12.5. The highest BCUT2D eigenvalue weighted by Gasteiger charge is 2.25. The number of anilines is 1. The largest absolute Gasteiger partial charge is 0.454 e. The molecule has 1 N–H and O–H groups in total. The van der Waals surface area contributed by atoms with E-state index in [4.69, 9.17) is 14.6 Å². The average Bonchev–Trinajstić information content (AvgIpc) is 3.17. The van der Waals surface area contributed by atoms with Crippen LogP contribution in [0.15, 0.2) is 24.3 Å². The van der Waals surface area contributed by atoms with Crippen molar-refractivity contribution >= 4 is 11.7 Å². The third kappa shape index (κ3) is 4.43. The number of benzene rings is 1. The Balaban J connectivity index is 1.69. The molecule has 1 aromatic carbocycles. The van der Waals surface area contributed by atoms with Crippen LogP contribution in [0.25, 0.3) is 0 Å². The molecule has 1 aliphatic heterocycles. The van der Waals surface area contributed by atoms with Crippen molar-refractivity contribution in [1.82, 2.24) is 9.78 Å². The van der Waals surface area contributed by atoms with Crippen LogP contribution in [0.1, 0.15) is 59.2 Å². The summed E-state index contributed by atoms with van der Waals surface area (Å²) in [5.74, 6) is 2.21. The van der Waals surface area contributed by atoms with Gasteiger partial charge in [0.05, 0.1) is 11.2 Å². The van der Waals surface area contributed by atoms with Crippen molar-refractivity contribution in [3.8, 4) is 11.5 Å². The van der Waals surface area contributed by atoms with Crippen LogP contribution in [-0.4, -0.2) is 22.5 Å². The van der Waals surface area contributed by atoms with Gasteiger partial charge >= 0.3 is 0 Å². The zero-order valence-electron chi connectivity index (χ0n) is 17.0. The van der Waals surface area contributed by atoms with Crippen molar-refractivity contribution in [3.63, 3.8) is 0 Å². The number of aromatic nitrogens is 2. The highest BCUT2D eigenvalue weighted by Crippen LogP contribution is 2.33. The number of carbonyl (C=O) groups excluding carboxylic acids is 1. The molecule has 0 saturated carbocycles. The zero-order valence-corrected chi connectivity index (χ0v) is 17.0.